The molecule has 3 heterocycles. The highest BCUT2D eigenvalue weighted by Crippen LogP contribution is 2.30. The molecular formula is C19H17N5O2. The molecule has 1 aromatic carbocycles. The van der Waals surface area contributed by atoms with Crippen LogP contribution in [0.15, 0.2) is 55.0 Å². The molecule has 0 radical (unpaired) electrons. The lowest BCUT2D eigenvalue weighted by molar-refractivity contribution is 0.398. The number of anilines is 1. The Labute approximate surface area is 150 Å². The van der Waals surface area contributed by atoms with Gasteiger partial charge in [-0.05, 0) is 23.8 Å². The molecular weight excluding hydrogens is 330 g/mol. The third-order valence-electron chi connectivity index (χ3n) is 4.22. The first-order valence-corrected chi connectivity index (χ1v) is 7.98. The van der Waals surface area contributed by atoms with E-state index >= 15 is 0 Å². The third kappa shape index (κ3) is 2.59. The van der Waals surface area contributed by atoms with Gasteiger partial charge in [-0.25, -0.2) is 9.97 Å². The number of aromatic nitrogens is 4. The van der Waals surface area contributed by atoms with Gasteiger partial charge in [-0.3, -0.25) is 0 Å². The molecule has 0 bridgehead atoms. The zero-order valence-electron chi connectivity index (χ0n) is 14.4. The van der Waals surface area contributed by atoms with Crippen molar-refractivity contribution in [2.75, 3.05) is 20.0 Å². The van der Waals surface area contributed by atoms with Gasteiger partial charge in [0.2, 0.25) is 5.88 Å². The van der Waals surface area contributed by atoms with Crippen LogP contribution in [0, 0.1) is 0 Å². The van der Waals surface area contributed by atoms with Crippen LogP contribution in [0.1, 0.15) is 0 Å². The first-order valence-electron chi connectivity index (χ1n) is 7.98. The number of nitrogen functional groups attached to an aromatic ring is 1. The Morgan fingerprint density at radius 2 is 1.58 bits per heavy atom. The van der Waals surface area contributed by atoms with Gasteiger partial charge < -0.3 is 15.2 Å². The summed E-state index contributed by atoms with van der Waals surface area (Å²) in [6, 6.07) is 11.4. The molecule has 4 aromatic rings. The normalized spacial score (nSPS) is 10.8. The predicted octanol–water partition coefficient (Wildman–Crippen LogP) is 3.06. The second-order valence-corrected chi connectivity index (χ2v) is 5.67. The lowest BCUT2D eigenvalue weighted by atomic mass is 10.1. The SMILES string of the molecule is COc1ccc(-c2cnc3c(-c4ccc(OC)nc4)cnn3c2N)cc1. The minimum Gasteiger partial charge on any atom is -0.497 e. The Morgan fingerprint density at radius 1 is 0.808 bits per heavy atom. The summed E-state index contributed by atoms with van der Waals surface area (Å²) in [7, 11) is 3.22. The summed E-state index contributed by atoms with van der Waals surface area (Å²) in [5, 5.41) is 4.40. The molecule has 0 saturated heterocycles. The highest BCUT2D eigenvalue weighted by Gasteiger charge is 2.14. The van der Waals surface area contributed by atoms with E-state index in [2.05, 4.69) is 15.1 Å². The van der Waals surface area contributed by atoms with Crippen LogP contribution in [0.5, 0.6) is 11.6 Å². The number of fused-ring (bicyclic) bond motifs is 1. The van der Waals surface area contributed by atoms with Gasteiger partial charge in [0.25, 0.3) is 0 Å². The van der Waals surface area contributed by atoms with Crippen LogP contribution in [-0.2, 0) is 0 Å². The second kappa shape index (κ2) is 6.36. The third-order valence-corrected chi connectivity index (χ3v) is 4.22. The molecule has 7 nitrogen and oxygen atoms in total. The van der Waals surface area contributed by atoms with Gasteiger partial charge in [0, 0.05) is 35.2 Å². The van der Waals surface area contributed by atoms with Gasteiger partial charge in [0.15, 0.2) is 5.65 Å². The zero-order valence-corrected chi connectivity index (χ0v) is 14.4. The maximum Gasteiger partial charge on any atom is 0.212 e. The largest absolute Gasteiger partial charge is 0.497 e. The summed E-state index contributed by atoms with van der Waals surface area (Å²) in [5.74, 6) is 1.86. The minimum absolute atomic E-state index is 0.521. The van der Waals surface area contributed by atoms with E-state index in [1.54, 1.807) is 43.4 Å². The zero-order chi connectivity index (χ0) is 18.1. The van der Waals surface area contributed by atoms with E-state index in [9.17, 15) is 0 Å². The number of nitrogens with zero attached hydrogens (tertiary/aromatic N) is 4. The number of nitrogens with two attached hydrogens (primary N) is 1. The molecule has 0 aliphatic rings. The maximum atomic E-state index is 6.35. The Kier molecular flexibility index (Phi) is 3.89. The molecule has 0 amide bonds. The van der Waals surface area contributed by atoms with E-state index < -0.39 is 0 Å². The first-order chi connectivity index (χ1) is 12.7. The number of hydrogen-bond donors (Lipinski definition) is 1. The average Bonchev–Trinajstić information content (AvgIpc) is 3.13. The Bertz CT molecular complexity index is 1060. The van der Waals surface area contributed by atoms with Crippen molar-refractivity contribution in [2.45, 2.75) is 0 Å². The van der Waals surface area contributed by atoms with Gasteiger partial charge in [-0.15, -0.1) is 0 Å². The molecule has 7 heteroatoms. The quantitative estimate of drug-likeness (QED) is 0.610. The van der Waals surface area contributed by atoms with E-state index in [4.69, 9.17) is 15.2 Å². The summed E-state index contributed by atoms with van der Waals surface area (Å²) >= 11 is 0. The van der Waals surface area contributed by atoms with Crippen LogP contribution < -0.4 is 15.2 Å². The summed E-state index contributed by atoms with van der Waals surface area (Å²) in [6.07, 6.45) is 5.22. The van der Waals surface area contributed by atoms with E-state index in [0.29, 0.717) is 17.3 Å². The van der Waals surface area contributed by atoms with E-state index in [1.807, 2.05) is 30.3 Å². The molecule has 0 saturated carbocycles. The van der Waals surface area contributed by atoms with E-state index in [1.165, 1.54) is 0 Å². The molecule has 0 aliphatic carbocycles. The number of pyridine rings is 1. The first kappa shape index (κ1) is 15.9. The van der Waals surface area contributed by atoms with Gasteiger partial charge in [0.05, 0.1) is 20.4 Å². The number of ether oxygens (including phenoxy) is 2. The molecule has 0 fully saturated rings. The van der Waals surface area contributed by atoms with Crippen molar-refractivity contribution in [1.29, 1.82) is 0 Å². The number of hydrogen-bond acceptors (Lipinski definition) is 6. The van der Waals surface area contributed by atoms with E-state index in [-0.39, 0.29) is 0 Å². The van der Waals surface area contributed by atoms with Crippen molar-refractivity contribution in [3.05, 3.63) is 55.0 Å². The predicted molar refractivity (Wildman–Crippen MR) is 99.2 cm³/mol. The van der Waals surface area contributed by atoms with Crippen molar-refractivity contribution in [1.82, 2.24) is 19.6 Å². The Morgan fingerprint density at radius 3 is 2.23 bits per heavy atom. The standard InChI is InChI=1S/C19H17N5O2/c1-25-14-6-3-12(4-7-14)15-10-22-19-16(11-23-24(19)18(15)20)13-5-8-17(26-2)21-9-13/h3-11H,20H2,1-2H3. The fourth-order valence-corrected chi connectivity index (χ4v) is 2.81. The molecule has 130 valence electrons. The molecule has 0 atom stereocenters. The molecule has 26 heavy (non-hydrogen) atoms. The molecule has 0 spiro atoms. The second-order valence-electron chi connectivity index (χ2n) is 5.67. The van der Waals surface area contributed by atoms with Crippen LogP contribution >= 0.6 is 0 Å². The lowest BCUT2D eigenvalue weighted by Crippen LogP contribution is -2.02. The van der Waals surface area contributed by atoms with Crippen molar-refractivity contribution in [2.24, 2.45) is 0 Å². The molecule has 2 N–H and O–H groups in total. The van der Waals surface area contributed by atoms with Crippen LogP contribution in [0.3, 0.4) is 0 Å². The molecule has 4 rings (SSSR count). The fraction of sp³-hybridized carbons (Fsp3) is 0.105. The summed E-state index contributed by atoms with van der Waals surface area (Å²) in [4.78, 5) is 8.80. The number of methoxy groups -OCH3 is 2. The highest BCUT2D eigenvalue weighted by atomic mass is 16.5. The lowest BCUT2D eigenvalue weighted by Gasteiger charge is -2.08. The van der Waals surface area contributed by atoms with Crippen LogP contribution in [-0.4, -0.2) is 33.8 Å². The minimum atomic E-state index is 0.521. The molecule has 0 unspecified atom stereocenters. The fourth-order valence-electron chi connectivity index (χ4n) is 2.81. The molecule has 0 aliphatic heterocycles. The van der Waals surface area contributed by atoms with Crippen molar-refractivity contribution in [3.8, 4) is 33.9 Å². The van der Waals surface area contributed by atoms with Gasteiger partial charge in [-0.2, -0.15) is 9.61 Å². The van der Waals surface area contributed by atoms with Gasteiger partial charge in [0.1, 0.15) is 11.6 Å². The number of rotatable bonds is 4. The van der Waals surface area contributed by atoms with Crippen molar-refractivity contribution < 1.29 is 9.47 Å². The monoisotopic (exact) mass is 347 g/mol. The van der Waals surface area contributed by atoms with Crippen molar-refractivity contribution in [3.63, 3.8) is 0 Å². The summed E-state index contributed by atoms with van der Waals surface area (Å²) in [6.45, 7) is 0. The smallest absolute Gasteiger partial charge is 0.212 e. The average molecular weight is 347 g/mol. The van der Waals surface area contributed by atoms with Gasteiger partial charge >= 0.3 is 0 Å². The van der Waals surface area contributed by atoms with Crippen LogP contribution in [0.4, 0.5) is 5.82 Å². The highest BCUT2D eigenvalue weighted by molar-refractivity contribution is 5.81. The summed E-state index contributed by atoms with van der Waals surface area (Å²) < 4.78 is 11.9. The summed E-state index contributed by atoms with van der Waals surface area (Å²) in [5.41, 5.74) is 10.5. The number of benzene rings is 1. The van der Waals surface area contributed by atoms with Crippen LogP contribution in [0.25, 0.3) is 27.9 Å². The van der Waals surface area contributed by atoms with E-state index in [0.717, 1.165) is 28.0 Å². The maximum absolute atomic E-state index is 6.35. The van der Waals surface area contributed by atoms with Crippen LogP contribution in [0.2, 0.25) is 0 Å². The topological polar surface area (TPSA) is 87.6 Å². The van der Waals surface area contributed by atoms with Gasteiger partial charge in [-0.1, -0.05) is 12.1 Å². The Balaban J connectivity index is 1.79. The van der Waals surface area contributed by atoms with Crippen molar-refractivity contribution >= 4 is 11.5 Å². The Hall–Kier alpha value is -3.61. The molecule has 3 aromatic heterocycles.